The van der Waals surface area contributed by atoms with Crippen molar-refractivity contribution < 1.29 is 29.5 Å². The van der Waals surface area contributed by atoms with Gasteiger partial charge in [0.1, 0.15) is 42.9 Å². The summed E-state index contributed by atoms with van der Waals surface area (Å²) in [6.07, 6.45) is -6.07. The van der Waals surface area contributed by atoms with E-state index in [1.54, 1.807) is 0 Å². The first-order valence-electron chi connectivity index (χ1n) is 8.31. The van der Waals surface area contributed by atoms with Crippen molar-refractivity contribution in [3.8, 4) is 0 Å². The number of nitrogens with two attached hydrogens (primary N) is 3. The Morgan fingerprint density at radius 2 is 1.83 bits per heavy atom. The number of nitrogens with one attached hydrogen (secondary N) is 1. The molecule has 0 radical (unpaired) electrons. The molecule has 0 amide bonds. The second kappa shape index (κ2) is 7.08. The fourth-order valence-corrected chi connectivity index (χ4v) is 3.76. The van der Waals surface area contributed by atoms with Crippen molar-refractivity contribution in [3.05, 3.63) is 0 Å². The van der Waals surface area contributed by atoms with Gasteiger partial charge >= 0.3 is 0 Å². The van der Waals surface area contributed by atoms with Gasteiger partial charge in [0.25, 0.3) is 0 Å². The molecule has 2 saturated heterocycles. The summed E-state index contributed by atoms with van der Waals surface area (Å²) in [5.74, 6) is 0. The summed E-state index contributed by atoms with van der Waals surface area (Å²) < 4.78 is 17.0. The quantitative estimate of drug-likeness (QED) is 0.265. The van der Waals surface area contributed by atoms with Gasteiger partial charge in [-0.15, -0.1) is 0 Å². The average molecular weight is 348 g/mol. The Labute approximate surface area is 140 Å². The Morgan fingerprint density at radius 3 is 2.50 bits per heavy atom. The van der Waals surface area contributed by atoms with Crippen molar-refractivity contribution >= 4 is 0 Å². The Hall–Kier alpha value is -0.400. The summed E-state index contributed by atoms with van der Waals surface area (Å²) >= 11 is 0. The molecule has 3 fully saturated rings. The van der Waals surface area contributed by atoms with Crippen LogP contribution >= 0.6 is 0 Å². The first-order valence-corrected chi connectivity index (χ1v) is 8.31. The van der Waals surface area contributed by atoms with Gasteiger partial charge in [-0.3, -0.25) is 5.32 Å². The maximum Gasteiger partial charge on any atom is 0.176 e. The van der Waals surface area contributed by atoms with Gasteiger partial charge in [-0.05, 0) is 13.3 Å². The van der Waals surface area contributed by atoms with E-state index in [2.05, 4.69) is 5.32 Å². The highest BCUT2D eigenvalue weighted by Gasteiger charge is 2.51. The van der Waals surface area contributed by atoms with E-state index in [1.807, 2.05) is 6.92 Å². The molecule has 3 aliphatic rings. The van der Waals surface area contributed by atoms with Crippen LogP contribution in [0.5, 0.6) is 0 Å². The molecule has 1 aliphatic carbocycles. The van der Waals surface area contributed by atoms with E-state index in [-0.39, 0.29) is 18.8 Å². The van der Waals surface area contributed by atoms with E-state index in [0.717, 1.165) is 0 Å². The molecule has 10 heteroatoms. The third-order valence-electron chi connectivity index (χ3n) is 5.10. The Kier molecular flexibility index (Phi) is 5.42. The molecule has 0 bridgehead atoms. The van der Waals surface area contributed by atoms with Crippen molar-refractivity contribution in [1.82, 2.24) is 5.32 Å². The van der Waals surface area contributed by atoms with Gasteiger partial charge in [0.05, 0.1) is 6.04 Å². The minimum Gasteiger partial charge on any atom is -0.388 e. The molecule has 0 aromatic heterocycles. The van der Waals surface area contributed by atoms with Crippen LogP contribution in [0.15, 0.2) is 0 Å². The molecular formula is C14H28N4O6. The van der Waals surface area contributed by atoms with E-state index >= 15 is 0 Å². The lowest BCUT2D eigenvalue weighted by Crippen LogP contribution is -2.66. The van der Waals surface area contributed by atoms with E-state index in [1.165, 1.54) is 0 Å². The SMILES string of the molecule is CC1NC2CC(N)C(OC3OC(CN)C(O)C(O)C3N)C(O)C2O1. The summed E-state index contributed by atoms with van der Waals surface area (Å²) in [5.41, 5.74) is 17.6. The van der Waals surface area contributed by atoms with Crippen LogP contribution in [0.4, 0.5) is 0 Å². The highest BCUT2D eigenvalue weighted by atomic mass is 16.7. The number of fused-ring (bicyclic) bond motifs is 1. The third kappa shape index (κ3) is 3.19. The fourth-order valence-electron chi connectivity index (χ4n) is 3.76. The molecule has 140 valence electrons. The molecule has 2 aliphatic heterocycles. The zero-order valence-corrected chi connectivity index (χ0v) is 13.6. The molecule has 1 saturated carbocycles. The van der Waals surface area contributed by atoms with Crippen molar-refractivity contribution in [3.63, 3.8) is 0 Å². The van der Waals surface area contributed by atoms with Crippen molar-refractivity contribution in [2.45, 2.75) is 80.6 Å². The maximum atomic E-state index is 10.6. The van der Waals surface area contributed by atoms with Crippen LogP contribution in [0.1, 0.15) is 13.3 Å². The van der Waals surface area contributed by atoms with Gasteiger partial charge in [-0.25, -0.2) is 0 Å². The van der Waals surface area contributed by atoms with Crippen molar-refractivity contribution in [2.75, 3.05) is 6.54 Å². The van der Waals surface area contributed by atoms with E-state index in [0.29, 0.717) is 6.42 Å². The molecule has 10 nitrogen and oxygen atoms in total. The Morgan fingerprint density at radius 1 is 1.12 bits per heavy atom. The van der Waals surface area contributed by atoms with Crippen LogP contribution in [0.25, 0.3) is 0 Å². The number of aliphatic hydroxyl groups excluding tert-OH is 3. The first-order chi connectivity index (χ1) is 11.3. The normalized spacial score (nSPS) is 55.4. The van der Waals surface area contributed by atoms with E-state index in [9.17, 15) is 15.3 Å². The molecule has 0 aromatic carbocycles. The summed E-state index contributed by atoms with van der Waals surface area (Å²) in [5, 5.41) is 33.7. The molecule has 0 spiro atoms. The molecule has 2 heterocycles. The van der Waals surface area contributed by atoms with Gasteiger partial charge in [0.15, 0.2) is 6.29 Å². The minimum absolute atomic E-state index is 0.000669. The number of ether oxygens (including phenoxy) is 3. The van der Waals surface area contributed by atoms with E-state index in [4.69, 9.17) is 31.4 Å². The van der Waals surface area contributed by atoms with Crippen LogP contribution in [-0.2, 0) is 14.2 Å². The molecule has 24 heavy (non-hydrogen) atoms. The molecule has 3 rings (SSSR count). The van der Waals surface area contributed by atoms with Gasteiger partial charge in [-0.2, -0.15) is 0 Å². The Balaban J connectivity index is 1.70. The summed E-state index contributed by atoms with van der Waals surface area (Å²) in [4.78, 5) is 0. The van der Waals surface area contributed by atoms with Crippen LogP contribution < -0.4 is 22.5 Å². The summed E-state index contributed by atoms with van der Waals surface area (Å²) in [6, 6.07) is -1.49. The maximum absolute atomic E-state index is 10.6. The predicted molar refractivity (Wildman–Crippen MR) is 82.4 cm³/mol. The number of hydrogen-bond acceptors (Lipinski definition) is 10. The number of rotatable bonds is 3. The van der Waals surface area contributed by atoms with Crippen LogP contribution in [0.2, 0.25) is 0 Å². The van der Waals surface area contributed by atoms with Crippen molar-refractivity contribution in [2.24, 2.45) is 17.2 Å². The lowest BCUT2D eigenvalue weighted by atomic mass is 9.84. The average Bonchev–Trinajstić information content (AvgIpc) is 2.91. The van der Waals surface area contributed by atoms with Crippen molar-refractivity contribution in [1.29, 1.82) is 0 Å². The zero-order chi connectivity index (χ0) is 17.6. The number of hydrogen-bond donors (Lipinski definition) is 7. The summed E-state index contributed by atoms with van der Waals surface area (Å²) in [6.45, 7) is 1.86. The summed E-state index contributed by atoms with van der Waals surface area (Å²) in [7, 11) is 0. The predicted octanol–water partition coefficient (Wildman–Crippen LogP) is -4.10. The second-order valence-electron chi connectivity index (χ2n) is 6.84. The fraction of sp³-hybridized carbons (Fsp3) is 1.00. The van der Waals surface area contributed by atoms with Crippen LogP contribution in [-0.4, -0.2) is 89.1 Å². The van der Waals surface area contributed by atoms with Crippen LogP contribution in [0, 0.1) is 0 Å². The topological polar surface area (TPSA) is 178 Å². The highest BCUT2D eigenvalue weighted by molar-refractivity contribution is 5.03. The smallest absolute Gasteiger partial charge is 0.176 e. The monoisotopic (exact) mass is 348 g/mol. The highest BCUT2D eigenvalue weighted by Crippen LogP contribution is 2.31. The van der Waals surface area contributed by atoms with Gasteiger partial charge < -0.3 is 46.7 Å². The lowest BCUT2D eigenvalue weighted by molar-refractivity contribution is -0.287. The van der Waals surface area contributed by atoms with Gasteiger partial charge in [0.2, 0.25) is 0 Å². The molecular weight excluding hydrogens is 320 g/mol. The second-order valence-corrected chi connectivity index (χ2v) is 6.84. The van der Waals surface area contributed by atoms with Gasteiger partial charge in [-0.1, -0.05) is 0 Å². The molecule has 11 unspecified atom stereocenters. The minimum atomic E-state index is -1.24. The third-order valence-corrected chi connectivity index (χ3v) is 5.10. The lowest BCUT2D eigenvalue weighted by Gasteiger charge is -2.45. The van der Waals surface area contributed by atoms with E-state index < -0.39 is 55.0 Å². The standard InChI is InChI=1S/C14H28N4O6/c1-4-18-6-2-5(16)12(11(21)13(6)22-4)24-14-8(17)10(20)9(19)7(3-15)23-14/h4-14,18-21H,2-3,15-17H2,1H3. The van der Waals surface area contributed by atoms with Crippen LogP contribution in [0.3, 0.4) is 0 Å². The largest absolute Gasteiger partial charge is 0.388 e. The molecule has 11 atom stereocenters. The first kappa shape index (κ1) is 18.4. The molecule has 10 N–H and O–H groups in total. The molecule has 0 aromatic rings. The zero-order valence-electron chi connectivity index (χ0n) is 13.6. The van der Waals surface area contributed by atoms with Gasteiger partial charge in [0, 0.05) is 18.6 Å². The number of aliphatic hydroxyl groups is 3. The Bertz CT molecular complexity index is 443.